The highest BCUT2D eigenvalue weighted by atomic mass is 16.5. The molecular weight excluding hydrogens is 270 g/mol. The molecule has 7 nitrogen and oxygen atoms in total. The van der Waals surface area contributed by atoms with Crippen molar-refractivity contribution in [2.24, 2.45) is 5.73 Å². The number of ether oxygens (including phenoxy) is 1. The van der Waals surface area contributed by atoms with Crippen molar-refractivity contribution in [3.8, 4) is 0 Å². The minimum Gasteiger partial charge on any atom is -0.378 e. The van der Waals surface area contributed by atoms with Crippen LogP contribution in [0.5, 0.6) is 0 Å². The number of aromatic nitrogens is 3. The van der Waals surface area contributed by atoms with Gasteiger partial charge in [-0.15, -0.1) is 0 Å². The molecule has 0 atom stereocenters. The Labute approximate surface area is 123 Å². The van der Waals surface area contributed by atoms with Gasteiger partial charge in [0.05, 0.1) is 11.8 Å². The molecule has 0 saturated carbocycles. The third-order valence-electron chi connectivity index (χ3n) is 3.87. The van der Waals surface area contributed by atoms with Crippen LogP contribution in [0.25, 0.3) is 11.1 Å². The maximum Gasteiger partial charge on any atom is 0.263 e. The fourth-order valence-electron chi connectivity index (χ4n) is 2.71. The summed E-state index contributed by atoms with van der Waals surface area (Å²) in [5, 5.41) is 4.89. The maximum atomic E-state index is 5.83. The lowest BCUT2D eigenvalue weighted by atomic mass is 10.1. The van der Waals surface area contributed by atoms with Gasteiger partial charge in [0.15, 0.2) is 0 Å². The van der Waals surface area contributed by atoms with Crippen molar-refractivity contribution in [3.63, 3.8) is 0 Å². The molecule has 1 aliphatic rings. The van der Waals surface area contributed by atoms with Crippen molar-refractivity contribution in [2.75, 3.05) is 31.1 Å². The van der Waals surface area contributed by atoms with Crippen molar-refractivity contribution in [1.29, 1.82) is 0 Å². The Hall–Kier alpha value is -1.73. The molecule has 0 aromatic carbocycles. The first-order valence-corrected chi connectivity index (χ1v) is 7.43. The summed E-state index contributed by atoms with van der Waals surface area (Å²) < 4.78 is 11.0. The Bertz CT molecular complexity index is 592. The minimum atomic E-state index is 0.327. The van der Waals surface area contributed by atoms with Crippen molar-refractivity contribution in [3.05, 3.63) is 12.0 Å². The third kappa shape index (κ3) is 2.98. The first kappa shape index (κ1) is 14.2. The highest BCUT2D eigenvalue weighted by Gasteiger charge is 2.23. The maximum absolute atomic E-state index is 5.83. The van der Waals surface area contributed by atoms with E-state index in [2.05, 4.69) is 20.0 Å². The zero-order valence-electron chi connectivity index (χ0n) is 12.3. The molecule has 1 saturated heterocycles. The molecule has 1 aliphatic heterocycles. The van der Waals surface area contributed by atoms with Gasteiger partial charge in [0.1, 0.15) is 17.5 Å². The molecule has 0 amide bonds. The lowest BCUT2D eigenvalue weighted by Crippen LogP contribution is -2.37. The van der Waals surface area contributed by atoms with E-state index in [1.54, 1.807) is 0 Å². The van der Waals surface area contributed by atoms with Crippen LogP contribution >= 0.6 is 0 Å². The van der Waals surface area contributed by atoms with Crippen LogP contribution in [0.15, 0.2) is 10.9 Å². The van der Waals surface area contributed by atoms with Crippen LogP contribution in [0.4, 0.5) is 5.82 Å². The van der Waals surface area contributed by atoms with Crippen LogP contribution in [0.3, 0.4) is 0 Å². The van der Waals surface area contributed by atoms with E-state index in [9.17, 15) is 0 Å². The molecule has 0 spiro atoms. The zero-order valence-corrected chi connectivity index (χ0v) is 12.3. The Morgan fingerprint density at radius 2 is 2.19 bits per heavy atom. The fourth-order valence-corrected chi connectivity index (χ4v) is 2.71. The van der Waals surface area contributed by atoms with Gasteiger partial charge in [0.25, 0.3) is 5.71 Å². The van der Waals surface area contributed by atoms with Crippen LogP contribution in [0, 0.1) is 6.92 Å². The molecule has 0 unspecified atom stereocenters. The average Bonchev–Trinajstić information content (AvgIpc) is 2.90. The SMILES string of the molecule is Cc1noc2ncnc(N3CCC(OCCCN)CC3)c12. The lowest BCUT2D eigenvalue weighted by molar-refractivity contribution is 0.0366. The summed E-state index contributed by atoms with van der Waals surface area (Å²) in [4.78, 5) is 10.8. The van der Waals surface area contributed by atoms with Crippen molar-refractivity contribution in [2.45, 2.75) is 32.3 Å². The van der Waals surface area contributed by atoms with E-state index in [0.717, 1.165) is 55.9 Å². The van der Waals surface area contributed by atoms with Gasteiger partial charge in [-0.25, -0.2) is 4.98 Å². The van der Waals surface area contributed by atoms with Gasteiger partial charge >= 0.3 is 0 Å². The van der Waals surface area contributed by atoms with Crippen molar-refractivity contribution >= 4 is 16.9 Å². The number of fused-ring (bicyclic) bond motifs is 1. The number of aryl methyl sites for hydroxylation is 1. The number of anilines is 1. The standard InChI is InChI=1S/C14H21N5O2/c1-10-12-13(16-9-17-14(12)21-18-10)19-6-3-11(4-7-19)20-8-2-5-15/h9,11H,2-8,15H2,1H3. The molecular formula is C14H21N5O2. The van der Waals surface area contributed by atoms with Crippen molar-refractivity contribution in [1.82, 2.24) is 15.1 Å². The Balaban J connectivity index is 1.67. The second-order valence-corrected chi connectivity index (χ2v) is 5.34. The number of rotatable bonds is 5. The normalized spacial score (nSPS) is 16.8. The molecule has 0 bridgehead atoms. The average molecular weight is 291 g/mol. The number of nitrogens with zero attached hydrogens (tertiary/aromatic N) is 4. The fraction of sp³-hybridized carbons (Fsp3) is 0.643. The van der Waals surface area contributed by atoms with Gasteiger partial charge in [0, 0.05) is 19.7 Å². The van der Waals surface area contributed by atoms with E-state index in [0.29, 0.717) is 18.4 Å². The summed E-state index contributed by atoms with van der Waals surface area (Å²) in [6.45, 7) is 5.20. The van der Waals surface area contributed by atoms with Crippen LogP contribution in [0.2, 0.25) is 0 Å². The Morgan fingerprint density at radius 3 is 2.95 bits per heavy atom. The summed E-state index contributed by atoms with van der Waals surface area (Å²) in [5.74, 6) is 0.916. The van der Waals surface area contributed by atoms with Crippen molar-refractivity contribution < 1.29 is 9.26 Å². The number of piperidine rings is 1. The smallest absolute Gasteiger partial charge is 0.263 e. The molecule has 21 heavy (non-hydrogen) atoms. The van der Waals surface area contributed by atoms with Gasteiger partial charge in [-0.3, -0.25) is 0 Å². The van der Waals surface area contributed by atoms with Gasteiger partial charge in [-0.2, -0.15) is 4.98 Å². The van der Waals surface area contributed by atoms with Crippen LogP contribution in [-0.2, 0) is 4.74 Å². The van der Waals surface area contributed by atoms with Gasteiger partial charge in [-0.1, -0.05) is 5.16 Å². The number of hydrogen-bond acceptors (Lipinski definition) is 7. The van der Waals surface area contributed by atoms with E-state index in [-0.39, 0.29) is 0 Å². The summed E-state index contributed by atoms with van der Waals surface area (Å²) >= 11 is 0. The molecule has 3 heterocycles. The Morgan fingerprint density at radius 1 is 1.38 bits per heavy atom. The molecule has 2 aromatic rings. The molecule has 0 aliphatic carbocycles. The van der Waals surface area contributed by atoms with E-state index in [1.165, 1.54) is 6.33 Å². The number of nitrogens with two attached hydrogens (primary N) is 1. The molecule has 2 N–H and O–H groups in total. The summed E-state index contributed by atoms with van der Waals surface area (Å²) in [6, 6.07) is 0. The minimum absolute atomic E-state index is 0.327. The van der Waals surface area contributed by atoms with Gasteiger partial charge < -0.3 is 19.9 Å². The first-order valence-electron chi connectivity index (χ1n) is 7.43. The third-order valence-corrected chi connectivity index (χ3v) is 3.87. The first-order chi connectivity index (χ1) is 10.3. The molecule has 2 aromatic heterocycles. The molecule has 114 valence electrons. The summed E-state index contributed by atoms with van der Waals surface area (Å²) in [5.41, 5.74) is 6.87. The predicted molar refractivity (Wildman–Crippen MR) is 79.2 cm³/mol. The number of hydrogen-bond donors (Lipinski definition) is 1. The second-order valence-electron chi connectivity index (χ2n) is 5.34. The monoisotopic (exact) mass is 291 g/mol. The van der Waals surface area contributed by atoms with Gasteiger partial charge in [0.2, 0.25) is 0 Å². The van der Waals surface area contributed by atoms with E-state index >= 15 is 0 Å². The topological polar surface area (TPSA) is 90.3 Å². The summed E-state index contributed by atoms with van der Waals surface area (Å²) in [7, 11) is 0. The quantitative estimate of drug-likeness (QED) is 0.829. The second kappa shape index (κ2) is 6.36. The van der Waals surface area contributed by atoms with E-state index in [4.69, 9.17) is 15.0 Å². The Kier molecular flexibility index (Phi) is 4.31. The largest absolute Gasteiger partial charge is 0.378 e. The van der Waals surface area contributed by atoms with E-state index in [1.807, 2.05) is 6.92 Å². The predicted octanol–water partition coefficient (Wildman–Crippen LogP) is 1.26. The van der Waals surface area contributed by atoms with Crippen LogP contribution in [-0.4, -0.2) is 47.5 Å². The summed E-state index contributed by atoms with van der Waals surface area (Å²) in [6.07, 6.45) is 4.79. The van der Waals surface area contributed by atoms with Crippen LogP contribution < -0.4 is 10.6 Å². The molecule has 3 rings (SSSR count). The molecule has 1 fully saturated rings. The van der Waals surface area contributed by atoms with E-state index < -0.39 is 0 Å². The molecule has 7 heteroatoms. The molecule has 0 radical (unpaired) electrons. The highest BCUT2D eigenvalue weighted by molar-refractivity contribution is 5.87. The highest BCUT2D eigenvalue weighted by Crippen LogP contribution is 2.28. The van der Waals surface area contributed by atoms with Gasteiger partial charge in [-0.05, 0) is 32.7 Å². The zero-order chi connectivity index (χ0) is 14.7. The lowest BCUT2D eigenvalue weighted by Gasteiger charge is -2.32. The van der Waals surface area contributed by atoms with Crippen LogP contribution in [0.1, 0.15) is 25.0 Å².